The Morgan fingerprint density at radius 3 is 1.79 bits per heavy atom. The van der Waals surface area contributed by atoms with Crippen LogP contribution in [-0.4, -0.2) is 16.9 Å². The van der Waals surface area contributed by atoms with Crippen molar-refractivity contribution in [3.8, 4) is 0 Å². The van der Waals surface area contributed by atoms with Crippen LogP contribution in [-0.2, 0) is 21.4 Å². The number of halogens is 4. The molecular weight excluding hydrogens is 268 g/mol. The molecule has 0 amide bonds. The molecule has 1 aromatic carbocycles. The first-order valence-corrected chi connectivity index (χ1v) is 5.12. The third-order valence-electron chi connectivity index (χ3n) is 2.51. The van der Waals surface area contributed by atoms with Crippen LogP contribution < -0.4 is 0 Å². The number of carbonyl (C=O) groups excluding carboxylic acids is 1. The molecule has 1 rings (SSSR count). The van der Waals surface area contributed by atoms with Crippen molar-refractivity contribution in [1.29, 1.82) is 0 Å². The van der Waals surface area contributed by atoms with E-state index in [2.05, 4.69) is 0 Å². The first-order valence-electron chi connectivity index (χ1n) is 5.12. The maximum absolute atomic E-state index is 13.5. The summed E-state index contributed by atoms with van der Waals surface area (Å²) in [5.74, 6) is -12.2. The molecule has 0 atom stereocenters. The number of hydrogen-bond acceptors (Lipinski definition) is 2. The fraction of sp³-hybridized carbons (Fsp3) is 0.333. The summed E-state index contributed by atoms with van der Waals surface area (Å²) in [4.78, 5) is 21.2. The Balaban J connectivity index is 3.46. The van der Waals surface area contributed by atoms with E-state index in [0.717, 1.165) is 12.1 Å². The Morgan fingerprint density at radius 2 is 1.42 bits per heavy atom. The number of aliphatic carboxylic acids is 1. The van der Waals surface area contributed by atoms with Crippen LogP contribution >= 0.6 is 0 Å². The molecule has 0 bridgehead atoms. The van der Waals surface area contributed by atoms with Gasteiger partial charge in [0, 0.05) is 18.1 Å². The Kier molecular flexibility index (Phi) is 3.70. The molecule has 3 nitrogen and oxygen atoms in total. The van der Waals surface area contributed by atoms with Crippen molar-refractivity contribution in [3.05, 3.63) is 34.9 Å². The van der Waals surface area contributed by atoms with Crippen LogP contribution in [0.1, 0.15) is 23.6 Å². The van der Waals surface area contributed by atoms with E-state index in [0.29, 0.717) is 13.0 Å². The zero-order valence-electron chi connectivity index (χ0n) is 10.0. The molecular formula is C12H10F4O3. The minimum absolute atomic E-state index is 0.00866. The van der Waals surface area contributed by atoms with Gasteiger partial charge in [-0.2, -0.15) is 17.6 Å². The smallest absolute Gasteiger partial charge is 0.379 e. The highest BCUT2D eigenvalue weighted by Gasteiger charge is 2.44. The summed E-state index contributed by atoms with van der Waals surface area (Å²) >= 11 is 0. The van der Waals surface area contributed by atoms with E-state index >= 15 is 0 Å². The summed E-state index contributed by atoms with van der Waals surface area (Å²) in [5, 5.41) is 8.38. The predicted molar refractivity (Wildman–Crippen MR) is 57.3 cm³/mol. The number of Topliss-reactive ketones (excluding diaryl/α,β-unsaturated/α-hetero) is 1. The van der Waals surface area contributed by atoms with Crippen LogP contribution in [0.25, 0.3) is 0 Å². The predicted octanol–water partition coefficient (Wildman–Crippen LogP) is 2.85. The van der Waals surface area contributed by atoms with Crippen molar-refractivity contribution in [2.24, 2.45) is 0 Å². The number of alkyl halides is 4. The van der Waals surface area contributed by atoms with Gasteiger partial charge in [-0.1, -0.05) is 5.56 Å². The molecule has 0 unspecified atom stereocenters. The van der Waals surface area contributed by atoms with Crippen molar-refractivity contribution in [2.45, 2.75) is 25.7 Å². The van der Waals surface area contributed by atoms with Gasteiger partial charge in [0.25, 0.3) is 0 Å². The number of carboxylic acids is 1. The molecule has 0 aromatic heterocycles. The van der Waals surface area contributed by atoms with Crippen LogP contribution in [0, 0.1) is 6.92 Å². The summed E-state index contributed by atoms with van der Waals surface area (Å²) < 4.78 is 53.6. The number of carboxylic acid groups (broad SMARTS) is 1. The van der Waals surface area contributed by atoms with Gasteiger partial charge in [-0.05, 0) is 25.1 Å². The molecule has 0 aliphatic carbocycles. The molecule has 0 saturated carbocycles. The van der Waals surface area contributed by atoms with Gasteiger partial charge < -0.3 is 5.11 Å². The number of aryl methyl sites for hydroxylation is 1. The lowest BCUT2D eigenvalue weighted by atomic mass is 9.97. The molecule has 0 heterocycles. The molecule has 0 spiro atoms. The minimum Gasteiger partial charge on any atom is -0.477 e. The SMILES string of the molecule is CC(=O)C(F)(F)c1cc(C)cc(C(F)(F)C(=O)O)c1. The second-order valence-corrected chi connectivity index (χ2v) is 4.10. The van der Waals surface area contributed by atoms with E-state index in [9.17, 15) is 27.2 Å². The molecule has 7 heteroatoms. The lowest BCUT2D eigenvalue weighted by Crippen LogP contribution is -2.28. The van der Waals surface area contributed by atoms with Crippen molar-refractivity contribution in [3.63, 3.8) is 0 Å². The molecule has 19 heavy (non-hydrogen) atoms. The summed E-state index contributed by atoms with van der Waals surface area (Å²) in [5.41, 5.74) is -2.03. The highest BCUT2D eigenvalue weighted by atomic mass is 19.3. The molecule has 0 saturated heterocycles. The maximum atomic E-state index is 13.5. The van der Waals surface area contributed by atoms with Crippen LogP contribution in [0.3, 0.4) is 0 Å². The molecule has 0 fully saturated rings. The van der Waals surface area contributed by atoms with Crippen molar-refractivity contribution >= 4 is 11.8 Å². The van der Waals surface area contributed by atoms with Crippen molar-refractivity contribution in [2.75, 3.05) is 0 Å². The van der Waals surface area contributed by atoms with E-state index in [1.807, 2.05) is 0 Å². The standard InChI is InChI=1S/C12H10F4O3/c1-6-3-8(11(13,14)7(2)17)5-9(4-6)12(15,16)10(18)19/h3-5H,1-2H3,(H,18,19). The largest absolute Gasteiger partial charge is 0.477 e. The summed E-state index contributed by atoms with van der Waals surface area (Å²) in [7, 11) is 0. The zero-order valence-corrected chi connectivity index (χ0v) is 10.0. The number of hydrogen-bond donors (Lipinski definition) is 1. The quantitative estimate of drug-likeness (QED) is 0.862. The van der Waals surface area contributed by atoms with E-state index in [1.165, 1.54) is 6.92 Å². The fourth-order valence-electron chi connectivity index (χ4n) is 1.47. The second-order valence-electron chi connectivity index (χ2n) is 4.10. The lowest BCUT2D eigenvalue weighted by molar-refractivity contribution is -0.166. The average molecular weight is 278 g/mol. The lowest BCUT2D eigenvalue weighted by Gasteiger charge is -2.18. The number of rotatable bonds is 4. The van der Waals surface area contributed by atoms with Gasteiger partial charge in [0.2, 0.25) is 5.78 Å². The van der Waals surface area contributed by atoms with Crippen LogP contribution in [0.15, 0.2) is 18.2 Å². The fourth-order valence-corrected chi connectivity index (χ4v) is 1.47. The van der Waals surface area contributed by atoms with Gasteiger partial charge in [-0.3, -0.25) is 4.79 Å². The Bertz CT molecular complexity index is 494. The topological polar surface area (TPSA) is 54.4 Å². The third-order valence-corrected chi connectivity index (χ3v) is 2.51. The Hall–Kier alpha value is -1.92. The molecule has 1 N–H and O–H groups in total. The van der Waals surface area contributed by atoms with Gasteiger partial charge in [0.15, 0.2) is 0 Å². The van der Waals surface area contributed by atoms with Gasteiger partial charge in [0.1, 0.15) is 0 Å². The van der Waals surface area contributed by atoms with Crippen LogP contribution in [0.5, 0.6) is 0 Å². The molecule has 1 aromatic rings. The van der Waals surface area contributed by atoms with Gasteiger partial charge in [0.05, 0.1) is 0 Å². The maximum Gasteiger partial charge on any atom is 0.379 e. The Labute approximate surface area is 105 Å². The van der Waals surface area contributed by atoms with E-state index in [-0.39, 0.29) is 5.56 Å². The van der Waals surface area contributed by atoms with Crippen LogP contribution in [0.2, 0.25) is 0 Å². The zero-order chi connectivity index (χ0) is 15.0. The van der Waals surface area contributed by atoms with E-state index < -0.39 is 34.7 Å². The highest BCUT2D eigenvalue weighted by Crippen LogP contribution is 2.35. The van der Waals surface area contributed by atoms with E-state index in [4.69, 9.17) is 5.11 Å². The van der Waals surface area contributed by atoms with E-state index in [1.54, 1.807) is 0 Å². The van der Waals surface area contributed by atoms with Crippen LogP contribution in [0.4, 0.5) is 17.6 Å². The Morgan fingerprint density at radius 1 is 1.00 bits per heavy atom. The second kappa shape index (κ2) is 4.64. The van der Waals surface area contributed by atoms with Gasteiger partial charge >= 0.3 is 17.8 Å². The number of ketones is 1. The monoisotopic (exact) mass is 278 g/mol. The third kappa shape index (κ3) is 2.74. The highest BCUT2D eigenvalue weighted by molar-refractivity contribution is 5.85. The summed E-state index contributed by atoms with van der Waals surface area (Å²) in [6.07, 6.45) is 0. The summed E-state index contributed by atoms with van der Waals surface area (Å²) in [6.45, 7) is 1.87. The number of benzene rings is 1. The van der Waals surface area contributed by atoms with Gasteiger partial charge in [-0.25, -0.2) is 4.79 Å². The molecule has 0 radical (unpaired) electrons. The van der Waals surface area contributed by atoms with Crippen molar-refractivity contribution in [1.82, 2.24) is 0 Å². The minimum atomic E-state index is -4.30. The average Bonchev–Trinajstić information content (AvgIpc) is 2.27. The summed E-state index contributed by atoms with van der Waals surface area (Å²) in [6, 6.07) is 1.99. The first kappa shape index (κ1) is 15.1. The molecule has 0 aliphatic heterocycles. The molecule has 104 valence electrons. The molecule has 0 aliphatic rings. The van der Waals surface area contributed by atoms with Gasteiger partial charge in [-0.15, -0.1) is 0 Å². The normalized spacial score (nSPS) is 12.3. The first-order chi connectivity index (χ1) is 8.49. The van der Waals surface area contributed by atoms with Crippen molar-refractivity contribution < 1.29 is 32.3 Å². The number of carbonyl (C=O) groups is 2.